The van der Waals surface area contributed by atoms with Crippen LogP contribution in [-0.2, 0) is 4.79 Å². The molecule has 2 heteroatoms. The van der Waals surface area contributed by atoms with Crippen LogP contribution in [0.2, 0.25) is 0 Å². The van der Waals surface area contributed by atoms with Gasteiger partial charge in [0, 0.05) is 0 Å². The summed E-state index contributed by atoms with van der Waals surface area (Å²) in [4.78, 5) is 10.3. The molecule has 0 radical (unpaired) electrons. The number of carbonyl (C=O) groups is 1. The predicted molar refractivity (Wildman–Crippen MR) is 46.9 cm³/mol. The van der Waals surface area contributed by atoms with Gasteiger partial charge in [0.15, 0.2) is 5.78 Å². The molecule has 0 saturated carbocycles. The summed E-state index contributed by atoms with van der Waals surface area (Å²) in [6.07, 6.45) is 4.92. The molecule has 0 aromatic heterocycles. The van der Waals surface area contributed by atoms with E-state index in [1.165, 1.54) is 0 Å². The van der Waals surface area contributed by atoms with Crippen LogP contribution in [0.5, 0.6) is 0 Å². The summed E-state index contributed by atoms with van der Waals surface area (Å²) >= 11 is 5.94. The number of unbranched alkanes of at least 4 members (excludes halogenated alkanes) is 1. The van der Waals surface area contributed by atoms with Crippen LogP contribution in [-0.4, -0.2) is 10.7 Å². The first-order valence-electron chi connectivity index (χ1n) is 4.03. The highest BCUT2D eigenvalue weighted by Crippen LogP contribution is 2.37. The van der Waals surface area contributed by atoms with E-state index in [0.717, 1.165) is 24.8 Å². The smallest absolute Gasteiger partial charge is 0.180 e. The van der Waals surface area contributed by atoms with E-state index >= 15 is 0 Å². The van der Waals surface area contributed by atoms with Crippen LogP contribution >= 0.6 is 11.6 Å². The molecule has 1 atom stereocenters. The van der Waals surface area contributed by atoms with Gasteiger partial charge in [0.25, 0.3) is 0 Å². The van der Waals surface area contributed by atoms with Gasteiger partial charge in [0.05, 0.1) is 0 Å². The Balaban J connectivity index is 2.50. The quantitative estimate of drug-likeness (QED) is 0.599. The summed E-state index contributed by atoms with van der Waals surface area (Å²) in [6, 6.07) is 0. The minimum absolute atomic E-state index is 0.0604. The molecular weight excluding hydrogens is 160 g/mol. The van der Waals surface area contributed by atoms with E-state index < -0.39 is 4.87 Å². The van der Waals surface area contributed by atoms with E-state index in [2.05, 4.69) is 6.92 Å². The standard InChI is InChI=1S/C9H13ClO/c1-3-4-5-7-6-8(11)9(7,2)10/h6H,3-5H2,1-2H3. The summed E-state index contributed by atoms with van der Waals surface area (Å²) in [5.74, 6) is 0.0604. The largest absolute Gasteiger partial charge is 0.292 e. The first-order chi connectivity index (χ1) is 5.09. The van der Waals surface area contributed by atoms with Crippen molar-refractivity contribution >= 4 is 17.4 Å². The summed E-state index contributed by atoms with van der Waals surface area (Å²) in [7, 11) is 0. The lowest BCUT2D eigenvalue weighted by Gasteiger charge is -2.30. The van der Waals surface area contributed by atoms with Crippen molar-refractivity contribution in [3.63, 3.8) is 0 Å². The normalized spacial score (nSPS) is 29.7. The number of alkyl halides is 1. The third-order valence-electron chi connectivity index (χ3n) is 2.17. The van der Waals surface area contributed by atoms with E-state index in [1.807, 2.05) is 0 Å². The number of halogens is 1. The van der Waals surface area contributed by atoms with E-state index in [0.29, 0.717) is 0 Å². The fraction of sp³-hybridized carbons (Fsp3) is 0.667. The maximum atomic E-state index is 10.9. The number of ketones is 1. The van der Waals surface area contributed by atoms with Gasteiger partial charge >= 0.3 is 0 Å². The Hall–Kier alpha value is -0.300. The molecule has 0 aliphatic heterocycles. The summed E-state index contributed by atoms with van der Waals surface area (Å²) in [5, 5.41) is 0. The maximum Gasteiger partial charge on any atom is 0.180 e. The van der Waals surface area contributed by atoms with E-state index in [9.17, 15) is 4.79 Å². The van der Waals surface area contributed by atoms with Crippen molar-refractivity contribution in [2.45, 2.75) is 38.0 Å². The Morgan fingerprint density at radius 1 is 1.64 bits per heavy atom. The first kappa shape index (κ1) is 8.79. The third-order valence-corrected chi connectivity index (χ3v) is 2.60. The number of hydrogen-bond acceptors (Lipinski definition) is 1. The highest BCUT2D eigenvalue weighted by Gasteiger charge is 2.40. The molecule has 0 amide bonds. The van der Waals surface area contributed by atoms with Gasteiger partial charge < -0.3 is 0 Å². The fourth-order valence-electron chi connectivity index (χ4n) is 1.18. The van der Waals surface area contributed by atoms with Gasteiger partial charge in [-0.15, -0.1) is 11.6 Å². The average molecular weight is 173 g/mol. The molecule has 0 aromatic carbocycles. The Bertz CT molecular complexity index is 204. The van der Waals surface area contributed by atoms with Crippen LogP contribution in [0.25, 0.3) is 0 Å². The van der Waals surface area contributed by atoms with Crippen LogP contribution < -0.4 is 0 Å². The number of allylic oxidation sites excluding steroid dienone is 2. The zero-order valence-electron chi connectivity index (χ0n) is 6.98. The minimum atomic E-state index is -0.658. The molecule has 1 aliphatic carbocycles. The Kier molecular flexibility index (Phi) is 2.38. The van der Waals surface area contributed by atoms with Crippen molar-refractivity contribution in [3.8, 4) is 0 Å². The third kappa shape index (κ3) is 1.48. The number of carbonyl (C=O) groups excluding carboxylic acids is 1. The van der Waals surface area contributed by atoms with E-state index in [4.69, 9.17) is 11.6 Å². The molecule has 0 N–H and O–H groups in total. The molecule has 0 aromatic rings. The molecule has 0 bridgehead atoms. The molecular formula is C9H13ClO. The van der Waals surface area contributed by atoms with Crippen molar-refractivity contribution in [2.24, 2.45) is 0 Å². The van der Waals surface area contributed by atoms with Crippen LogP contribution in [0.4, 0.5) is 0 Å². The predicted octanol–water partition coefficient (Wildman–Crippen LogP) is 2.68. The van der Waals surface area contributed by atoms with Crippen LogP contribution in [0.3, 0.4) is 0 Å². The number of rotatable bonds is 3. The van der Waals surface area contributed by atoms with Crippen molar-refractivity contribution in [1.29, 1.82) is 0 Å². The Labute approximate surface area is 72.4 Å². The molecule has 0 heterocycles. The molecule has 0 fully saturated rings. The minimum Gasteiger partial charge on any atom is -0.292 e. The van der Waals surface area contributed by atoms with Gasteiger partial charge in [0.2, 0.25) is 0 Å². The highest BCUT2D eigenvalue weighted by atomic mass is 35.5. The van der Waals surface area contributed by atoms with Crippen molar-refractivity contribution in [3.05, 3.63) is 11.6 Å². The molecule has 1 unspecified atom stereocenters. The second-order valence-electron chi connectivity index (χ2n) is 3.14. The Morgan fingerprint density at radius 2 is 2.27 bits per heavy atom. The topological polar surface area (TPSA) is 17.1 Å². The lowest BCUT2D eigenvalue weighted by molar-refractivity contribution is -0.117. The summed E-state index contributed by atoms with van der Waals surface area (Å²) < 4.78 is 0. The molecule has 0 spiro atoms. The molecule has 0 saturated heterocycles. The second-order valence-corrected chi connectivity index (χ2v) is 3.90. The average Bonchev–Trinajstić information content (AvgIpc) is 1.97. The van der Waals surface area contributed by atoms with Crippen molar-refractivity contribution < 1.29 is 4.79 Å². The molecule has 11 heavy (non-hydrogen) atoms. The maximum absolute atomic E-state index is 10.9. The zero-order chi connectivity index (χ0) is 8.48. The zero-order valence-corrected chi connectivity index (χ0v) is 7.74. The van der Waals surface area contributed by atoms with Gasteiger partial charge in [-0.3, -0.25) is 4.79 Å². The molecule has 1 aliphatic rings. The van der Waals surface area contributed by atoms with Gasteiger partial charge in [-0.25, -0.2) is 0 Å². The monoisotopic (exact) mass is 172 g/mol. The van der Waals surface area contributed by atoms with E-state index in [1.54, 1.807) is 13.0 Å². The summed E-state index contributed by atoms with van der Waals surface area (Å²) in [5.41, 5.74) is 1.10. The van der Waals surface area contributed by atoms with E-state index in [-0.39, 0.29) is 5.78 Å². The highest BCUT2D eigenvalue weighted by molar-refractivity contribution is 6.42. The van der Waals surface area contributed by atoms with Crippen LogP contribution in [0.1, 0.15) is 33.1 Å². The summed E-state index contributed by atoms with van der Waals surface area (Å²) in [6.45, 7) is 3.91. The fourth-order valence-corrected chi connectivity index (χ4v) is 1.39. The van der Waals surface area contributed by atoms with Crippen LogP contribution in [0.15, 0.2) is 11.6 Å². The molecule has 62 valence electrons. The van der Waals surface area contributed by atoms with Gasteiger partial charge in [-0.1, -0.05) is 13.3 Å². The SMILES string of the molecule is CCCCC1=CC(=O)C1(C)Cl. The van der Waals surface area contributed by atoms with Gasteiger partial charge in [-0.2, -0.15) is 0 Å². The lowest BCUT2D eigenvalue weighted by Crippen LogP contribution is -2.38. The van der Waals surface area contributed by atoms with Crippen LogP contribution in [0, 0.1) is 0 Å². The molecule has 1 rings (SSSR count). The first-order valence-corrected chi connectivity index (χ1v) is 4.41. The van der Waals surface area contributed by atoms with Crippen molar-refractivity contribution in [2.75, 3.05) is 0 Å². The Morgan fingerprint density at radius 3 is 2.64 bits per heavy atom. The van der Waals surface area contributed by atoms with Gasteiger partial charge in [0.1, 0.15) is 4.87 Å². The van der Waals surface area contributed by atoms with Gasteiger partial charge in [-0.05, 0) is 31.4 Å². The lowest BCUT2D eigenvalue weighted by atomic mass is 9.81. The van der Waals surface area contributed by atoms with Crippen molar-refractivity contribution in [1.82, 2.24) is 0 Å². The second kappa shape index (κ2) is 2.98. The number of hydrogen-bond donors (Lipinski definition) is 0. The molecule has 1 nitrogen and oxygen atoms in total.